The van der Waals surface area contributed by atoms with Crippen LogP contribution in [0.25, 0.3) is 0 Å². The van der Waals surface area contributed by atoms with Crippen LogP contribution in [-0.2, 0) is 0 Å². The van der Waals surface area contributed by atoms with Crippen LogP contribution in [0.2, 0.25) is 5.02 Å². The number of hydrogen-bond donors (Lipinski definition) is 5. The lowest BCUT2D eigenvalue weighted by atomic mass is 10.0. The predicted molar refractivity (Wildman–Crippen MR) is 103 cm³/mol. The second-order valence-electron chi connectivity index (χ2n) is 6.17. The van der Waals surface area contributed by atoms with Crippen molar-refractivity contribution in [2.24, 2.45) is 0 Å². The van der Waals surface area contributed by atoms with Crippen molar-refractivity contribution < 1.29 is 19.8 Å². The second kappa shape index (κ2) is 9.31. The second-order valence-corrected chi connectivity index (χ2v) is 6.61. The van der Waals surface area contributed by atoms with Crippen molar-refractivity contribution in [2.45, 2.75) is 18.9 Å². The topological polar surface area (TPSA) is 124 Å². The van der Waals surface area contributed by atoms with Crippen LogP contribution in [0.1, 0.15) is 23.7 Å². The van der Waals surface area contributed by atoms with Crippen LogP contribution in [0.15, 0.2) is 42.6 Å². The third-order valence-electron chi connectivity index (χ3n) is 3.63. The molecule has 1 aromatic carbocycles. The van der Waals surface area contributed by atoms with E-state index in [1.165, 1.54) is 19.2 Å². The highest BCUT2D eigenvalue weighted by Gasteiger charge is 2.20. The van der Waals surface area contributed by atoms with Crippen LogP contribution in [0.4, 0.5) is 16.3 Å². The fraction of sp³-hybridized carbons (Fsp3) is 0.278. The Balaban J connectivity index is 1.95. The molecule has 0 bridgehead atoms. The van der Waals surface area contributed by atoms with Gasteiger partial charge < -0.3 is 26.2 Å². The summed E-state index contributed by atoms with van der Waals surface area (Å²) < 4.78 is 0. The highest BCUT2D eigenvalue weighted by molar-refractivity contribution is 6.30. The molecule has 0 radical (unpaired) electrons. The Labute approximate surface area is 161 Å². The van der Waals surface area contributed by atoms with Crippen molar-refractivity contribution >= 4 is 35.0 Å². The smallest absolute Gasteiger partial charge is 0.319 e. The molecule has 27 heavy (non-hydrogen) atoms. The number of amides is 3. The van der Waals surface area contributed by atoms with Crippen LogP contribution >= 0.6 is 11.6 Å². The van der Waals surface area contributed by atoms with Crippen molar-refractivity contribution in [3.8, 4) is 0 Å². The van der Waals surface area contributed by atoms with Crippen LogP contribution in [0, 0.1) is 0 Å². The minimum absolute atomic E-state index is 0.0260. The van der Waals surface area contributed by atoms with E-state index in [9.17, 15) is 14.7 Å². The number of halogens is 1. The molecule has 2 aromatic rings. The lowest BCUT2D eigenvalue weighted by Gasteiger charge is -2.22. The SMILES string of the molecule is CC(O)(CCO)CNC(=O)Nc1cccc(C(=O)Nc2ccc(Cl)cn2)c1. The summed E-state index contributed by atoms with van der Waals surface area (Å²) in [6.45, 7) is 1.30. The number of benzene rings is 1. The first-order valence-electron chi connectivity index (χ1n) is 8.20. The number of aliphatic hydroxyl groups excluding tert-OH is 1. The molecule has 1 aromatic heterocycles. The zero-order valence-electron chi connectivity index (χ0n) is 14.7. The molecule has 8 nitrogen and oxygen atoms in total. The van der Waals surface area contributed by atoms with Crippen LogP contribution in [-0.4, -0.2) is 45.9 Å². The Morgan fingerprint density at radius 1 is 1.22 bits per heavy atom. The van der Waals surface area contributed by atoms with E-state index in [0.717, 1.165) is 0 Å². The maximum Gasteiger partial charge on any atom is 0.319 e. The molecule has 0 aliphatic carbocycles. The van der Waals surface area contributed by atoms with Gasteiger partial charge in [0.2, 0.25) is 0 Å². The van der Waals surface area contributed by atoms with E-state index >= 15 is 0 Å². The van der Waals surface area contributed by atoms with Gasteiger partial charge in [0.25, 0.3) is 5.91 Å². The number of carbonyl (C=O) groups excluding carboxylic acids is 2. The number of carbonyl (C=O) groups is 2. The van der Waals surface area contributed by atoms with Crippen molar-refractivity contribution in [3.05, 3.63) is 53.2 Å². The average Bonchev–Trinajstić information content (AvgIpc) is 2.62. The summed E-state index contributed by atoms with van der Waals surface area (Å²) in [5.74, 6) is -0.0358. The Kier molecular flexibility index (Phi) is 7.12. The zero-order chi connectivity index (χ0) is 19.9. The lowest BCUT2D eigenvalue weighted by molar-refractivity contribution is 0.0362. The molecule has 5 N–H and O–H groups in total. The van der Waals surface area contributed by atoms with Crippen LogP contribution in [0.3, 0.4) is 0 Å². The molecule has 0 saturated heterocycles. The molecule has 0 spiro atoms. The molecule has 2 rings (SSSR count). The Bertz CT molecular complexity index is 796. The molecule has 0 saturated carbocycles. The first-order chi connectivity index (χ1) is 12.8. The van der Waals surface area contributed by atoms with Gasteiger partial charge in [0.1, 0.15) is 5.82 Å². The highest BCUT2D eigenvalue weighted by atomic mass is 35.5. The summed E-state index contributed by atoms with van der Waals surface area (Å²) in [5.41, 5.74) is -0.470. The van der Waals surface area contributed by atoms with Gasteiger partial charge in [-0.25, -0.2) is 9.78 Å². The fourth-order valence-corrected chi connectivity index (χ4v) is 2.26. The van der Waals surface area contributed by atoms with Gasteiger partial charge in [0, 0.05) is 37.0 Å². The van der Waals surface area contributed by atoms with Crippen molar-refractivity contribution in [3.63, 3.8) is 0 Å². The van der Waals surface area contributed by atoms with E-state index < -0.39 is 11.6 Å². The van der Waals surface area contributed by atoms with Gasteiger partial charge in [-0.15, -0.1) is 0 Å². The third kappa shape index (κ3) is 6.86. The van der Waals surface area contributed by atoms with Gasteiger partial charge in [0.15, 0.2) is 0 Å². The average molecular weight is 393 g/mol. The molecule has 1 unspecified atom stereocenters. The fourth-order valence-electron chi connectivity index (χ4n) is 2.15. The lowest BCUT2D eigenvalue weighted by Crippen LogP contribution is -2.42. The molecule has 0 aliphatic heterocycles. The first-order valence-corrected chi connectivity index (χ1v) is 8.58. The minimum atomic E-state index is -1.21. The molecule has 1 atom stereocenters. The number of nitrogens with zero attached hydrogens (tertiary/aromatic N) is 1. The number of rotatable bonds is 7. The third-order valence-corrected chi connectivity index (χ3v) is 3.86. The Morgan fingerprint density at radius 3 is 2.67 bits per heavy atom. The molecule has 9 heteroatoms. The standard InChI is InChI=1S/C18H21ClN4O4/c1-18(27,7-8-24)11-21-17(26)22-14-4-2-3-12(9-14)16(25)23-15-6-5-13(19)10-20-15/h2-6,9-10,24,27H,7-8,11H2,1H3,(H,20,23,25)(H2,21,22,26). The van der Waals surface area contributed by atoms with Gasteiger partial charge in [-0.3, -0.25) is 4.79 Å². The van der Waals surface area contributed by atoms with Gasteiger partial charge in [0.05, 0.1) is 10.6 Å². The molecular weight excluding hydrogens is 372 g/mol. The number of anilines is 2. The molecule has 0 fully saturated rings. The predicted octanol–water partition coefficient (Wildman–Crippen LogP) is 2.24. The largest absolute Gasteiger partial charge is 0.396 e. The number of urea groups is 1. The van der Waals surface area contributed by atoms with E-state index in [-0.39, 0.29) is 25.5 Å². The number of hydrogen-bond acceptors (Lipinski definition) is 5. The minimum Gasteiger partial charge on any atom is -0.396 e. The summed E-state index contributed by atoms with van der Waals surface area (Å²) in [5, 5.41) is 27.0. The summed E-state index contributed by atoms with van der Waals surface area (Å²) in [4.78, 5) is 28.2. The van der Waals surface area contributed by atoms with Gasteiger partial charge in [-0.05, 0) is 37.3 Å². The van der Waals surface area contributed by atoms with Crippen molar-refractivity contribution in [1.29, 1.82) is 0 Å². The first kappa shape index (κ1) is 20.6. The number of aromatic nitrogens is 1. The maximum atomic E-state index is 12.3. The van der Waals surface area contributed by atoms with E-state index in [2.05, 4.69) is 20.9 Å². The molecular formula is C18H21ClN4O4. The number of nitrogens with one attached hydrogen (secondary N) is 3. The molecule has 0 aliphatic rings. The zero-order valence-corrected chi connectivity index (χ0v) is 15.5. The Hall–Kier alpha value is -2.68. The van der Waals surface area contributed by atoms with Crippen molar-refractivity contribution in [2.75, 3.05) is 23.8 Å². The van der Waals surface area contributed by atoms with E-state index in [1.54, 1.807) is 30.3 Å². The molecule has 3 amide bonds. The quantitative estimate of drug-likeness (QED) is 0.494. The number of aliphatic hydroxyl groups is 2. The Morgan fingerprint density at radius 2 is 2.00 bits per heavy atom. The van der Waals surface area contributed by atoms with Gasteiger partial charge in [-0.2, -0.15) is 0 Å². The summed E-state index contributed by atoms with van der Waals surface area (Å²) in [6, 6.07) is 9.01. The summed E-state index contributed by atoms with van der Waals surface area (Å²) >= 11 is 5.76. The van der Waals surface area contributed by atoms with E-state index in [0.29, 0.717) is 22.1 Å². The van der Waals surface area contributed by atoms with E-state index in [4.69, 9.17) is 16.7 Å². The van der Waals surface area contributed by atoms with Crippen LogP contribution in [0.5, 0.6) is 0 Å². The van der Waals surface area contributed by atoms with Crippen molar-refractivity contribution in [1.82, 2.24) is 10.3 Å². The van der Waals surface area contributed by atoms with Gasteiger partial charge in [-0.1, -0.05) is 17.7 Å². The monoisotopic (exact) mass is 392 g/mol. The van der Waals surface area contributed by atoms with Crippen LogP contribution < -0.4 is 16.0 Å². The normalized spacial score (nSPS) is 12.7. The maximum absolute atomic E-state index is 12.3. The highest BCUT2D eigenvalue weighted by Crippen LogP contribution is 2.14. The van der Waals surface area contributed by atoms with Gasteiger partial charge >= 0.3 is 6.03 Å². The number of pyridine rings is 1. The molecule has 1 heterocycles. The molecule has 144 valence electrons. The summed E-state index contributed by atoms with van der Waals surface area (Å²) in [6.07, 6.45) is 1.56. The summed E-state index contributed by atoms with van der Waals surface area (Å²) in [7, 11) is 0. The van der Waals surface area contributed by atoms with E-state index in [1.807, 2.05) is 0 Å².